The van der Waals surface area contributed by atoms with Crippen molar-refractivity contribution in [2.24, 2.45) is 0 Å². The molecule has 9 nitrogen and oxygen atoms in total. The summed E-state index contributed by atoms with van der Waals surface area (Å²) in [6.45, 7) is 0. The summed E-state index contributed by atoms with van der Waals surface area (Å²) in [5.41, 5.74) is 2.05. The van der Waals surface area contributed by atoms with Gasteiger partial charge in [-0.25, -0.2) is 4.98 Å². The number of aliphatic hydroxyl groups excluding tert-OH is 1. The van der Waals surface area contributed by atoms with Gasteiger partial charge >= 0.3 is 5.91 Å². The summed E-state index contributed by atoms with van der Waals surface area (Å²) in [6.07, 6.45) is 3.16. The number of anilines is 1. The maximum Gasteiger partial charge on any atom is 0.302 e. The van der Waals surface area contributed by atoms with Crippen LogP contribution in [0.1, 0.15) is 17.2 Å². The molecule has 1 fully saturated rings. The predicted octanol–water partition coefficient (Wildman–Crippen LogP) is 4.75. The highest BCUT2D eigenvalue weighted by atomic mass is 16.5. The summed E-state index contributed by atoms with van der Waals surface area (Å²) >= 11 is 0. The number of hydrogen-bond donors (Lipinski definition) is 2. The Kier molecular flexibility index (Phi) is 5.53. The largest absolute Gasteiger partial charge is 0.507 e. The van der Waals surface area contributed by atoms with Crippen LogP contribution < -0.4 is 14.4 Å². The van der Waals surface area contributed by atoms with Crippen molar-refractivity contribution in [2.75, 3.05) is 19.1 Å². The number of rotatable bonds is 5. The molecule has 0 aliphatic carbocycles. The Hall–Kier alpha value is -5.18. The molecule has 2 N–H and O–H groups in total. The maximum absolute atomic E-state index is 13.5. The van der Waals surface area contributed by atoms with Crippen LogP contribution in [0.5, 0.6) is 11.5 Å². The van der Waals surface area contributed by atoms with Crippen LogP contribution in [-0.2, 0) is 9.59 Å². The molecule has 1 unspecified atom stereocenters. The SMILES string of the molecule is COc1cc2nc(N3C(=O)C(=O)/C(=C(/O)c4cccc5ccccc45)C3c3cccnc3)[nH]c2cc1OC. The zero-order valence-electron chi connectivity index (χ0n) is 20.5. The van der Waals surface area contributed by atoms with E-state index in [2.05, 4.69) is 15.0 Å². The van der Waals surface area contributed by atoms with Gasteiger partial charge in [0.2, 0.25) is 5.95 Å². The van der Waals surface area contributed by atoms with Gasteiger partial charge in [0.05, 0.1) is 36.9 Å². The number of imidazole rings is 1. The molecule has 0 saturated carbocycles. The van der Waals surface area contributed by atoms with Gasteiger partial charge in [-0.05, 0) is 22.4 Å². The minimum absolute atomic E-state index is 0.0463. The van der Waals surface area contributed by atoms with E-state index in [0.717, 1.165) is 10.8 Å². The van der Waals surface area contributed by atoms with Gasteiger partial charge in [-0.2, -0.15) is 0 Å². The number of fused-ring (bicyclic) bond motifs is 2. The first kappa shape index (κ1) is 23.2. The zero-order chi connectivity index (χ0) is 26.4. The van der Waals surface area contributed by atoms with E-state index in [-0.39, 0.29) is 17.3 Å². The molecule has 1 saturated heterocycles. The summed E-state index contributed by atoms with van der Waals surface area (Å²) in [6, 6.07) is 18.9. The molecule has 1 atom stereocenters. The summed E-state index contributed by atoms with van der Waals surface area (Å²) in [5, 5.41) is 13.2. The third kappa shape index (κ3) is 3.55. The van der Waals surface area contributed by atoms with E-state index < -0.39 is 17.7 Å². The number of nitrogens with one attached hydrogen (secondary N) is 1. The second-order valence-corrected chi connectivity index (χ2v) is 8.77. The van der Waals surface area contributed by atoms with Gasteiger partial charge < -0.3 is 19.6 Å². The Bertz CT molecular complexity index is 1710. The van der Waals surface area contributed by atoms with Crippen LogP contribution in [0.15, 0.2) is 84.7 Å². The smallest absolute Gasteiger partial charge is 0.302 e. The van der Waals surface area contributed by atoms with Gasteiger partial charge in [-0.15, -0.1) is 0 Å². The van der Waals surface area contributed by atoms with Gasteiger partial charge in [-0.1, -0.05) is 48.5 Å². The molecule has 188 valence electrons. The number of Topliss-reactive ketones (excluding diaryl/α,β-unsaturated/α-hetero) is 1. The number of aromatic nitrogens is 3. The third-order valence-corrected chi connectivity index (χ3v) is 6.69. The number of carbonyl (C=O) groups excluding carboxylic acids is 2. The average Bonchev–Trinajstić information content (AvgIpc) is 3.49. The van der Waals surface area contributed by atoms with Crippen molar-refractivity contribution >= 4 is 45.2 Å². The van der Waals surface area contributed by atoms with E-state index in [1.165, 1.54) is 19.1 Å². The number of benzene rings is 3. The van der Waals surface area contributed by atoms with Crippen molar-refractivity contribution < 1.29 is 24.2 Å². The van der Waals surface area contributed by atoms with Crippen LogP contribution in [0.2, 0.25) is 0 Å². The van der Waals surface area contributed by atoms with E-state index in [1.807, 2.05) is 30.3 Å². The van der Waals surface area contributed by atoms with Gasteiger partial charge in [-0.3, -0.25) is 19.5 Å². The Balaban J connectivity index is 1.58. The Morgan fingerprint density at radius 2 is 1.74 bits per heavy atom. The molecule has 0 radical (unpaired) electrons. The van der Waals surface area contributed by atoms with Crippen LogP contribution >= 0.6 is 0 Å². The number of pyridine rings is 1. The summed E-state index contributed by atoms with van der Waals surface area (Å²) in [7, 11) is 3.04. The number of carbonyl (C=O) groups is 2. The quantitative estimate of drug-likeness (QED) is 0.201. The normalized spacial score (nSPS) is 16.9. The van der Waals surface area contributed by atoms with Gasteiger partial charge in [0.1, 0.15) is 5.76 Å². The highest BCUT2D eigenvalue weighted by molar-refractivity contribution is 6.51. The lowest BCUT2D eigenvalue weighted by Gasteiger charge is -2.22. The predicted molar refractivity (Wildman–Crippen MR) is 142 cm³/mol. The van der Waals surface area contributed by atoms with Gasteiger partial charge in [0.15, 0.2) is 11.5 Å². The Morgan fingerprint density at radius 3 is 2.50 bits per heavy atom. The van der Waals surface area contributed by atoms with Crippen LogP contribution in [-0.4, -0.2) is 46.0 Å². The third-order valence-electron chi connectivity index (χ3n) is 6.69. The Labute approximate surface area is 217 Å². The standard InChI is InChI=1S/C29H22N4O5/c1-37-22-13-20-21(14-23(22)38-2)32-29(31-20)33-25(17-9-6-12-30-15-17)24(27(35)28(33)36)26(34)19-11-5-8-16-7-3-4-10-18(16)19/h3-15,25,34H,1-2H3,(H,31,32)/b26-24+. The molecular weight excluding hydrogens is 484 g/mol. The molecule has 0 bridgehead atoms. The minimum Gasteiger partial charge on any atom is -0.507 e. The molecule has 3 aromatic carbocycles. The zero-order valence-corrected chi connectivity index (χ0v) is 20.5. The molecular formula is C29H22N4O5. The van der Waals surface area contributed by atoms with Crippen LogP contribution in [0.3, 0.4) is 0 Å². The van der Waals surface area contributed by atoms with E-state index >= 15 is 0 Å². The first-order valence-corrected chi connectivity index (χ1v) is 11.8. The van der Waals surface area contributed by atoms with Crippen LogP contribution in [0.25, 0.3) is 27.6 Å². The molecule has 5 aromatic rings. The number of aromatic amines is 1. The maximum atomic E-state index is 13.5. The van der Waals surface area contributed by atoms with Crippen molar-refractivity contribution in [3.8, 4) is 11.5 Å². The number of ketones is 1. The van der Waals surface area contributed by atoms with E-state index in [9.17, 15) is 14.7 Å². The average molecular weight is 507 g/mol. The fourth-order valence-electron chi connectivity index (χ4n) is 4.92. The van der Waals surface area contributed by atoms with Gasteiger partial charge in [0, 0.05) is 30.1 Å². The number of aliphatic hydroxyl groups is 1. The minimum atomic E-state index is -0.966. The number of nitrogens with zero attached hydrogens (tertiary/aromatic N) is 3. The molecule has 3 heterocycles. The lowest BCUT2D eigenvalue weighted by molar-refractivity contribution is -0.132. The summed E-state index contributed by atoms with van der Waals surface area (Å²) < 4.78 is 10.8. The van der Waals surface area contributed by atoms with Gasteiger partial charge in [0.25, 0.3) is 5.78 Å². The monoisotopic (exact) mass is 506 g/mol. The van der Waals surface area contributed by atoms with E-state index in [1.54, 1.807) is 48.8 Å². The Morgan fingerprint density at radius 1 is 0.974 bits per heavy atom. The molecule has 1 aliphatic rings. The molecule has 1 aliphatic heterocycles. The summed E-state index contributed by atoms with van der Waals surface area (Å²) in [4.78, 5) is 40.2. The number of hydrogen-bond acceptors (Lipinski definition) is 7. The second-order valence-electron chi connectivity index (χ2n) is 8.77. The van der Waals surface area contributed by atoms with Crippen molar-refractivity contribution in [1.82, 2.24) is 15.0 Å². The first-order chi connectivity index (χ1) is 18.5. The fraction of sp³-hybridized carbons (Fsp3) is 0.103. The number of amides is 1. The van der Waals surface area contributed by atoms with Crippen molar-refractivity contribution in [3.63, 3.8) is 0 Å². The van der Waals surface area contributed by atoms with Crippen molar-refractivity contribution in [1.29, 1.82) is 0 Å². The van der Waals surface area contributed by atoms with Crippen LogP contribution in [0, 0.1) is 0 Å². The molecule has 2 aromatic heterocycles. The topological polar surface area (TPSA) is 118 Å². The second kappa shape index (κ2) is 9.04. The molecule has 1 amide bonds. The molecule has 38 heavy (non-hydrogen) atoms. The number of H-pyrrole nitrogens is 1. The van der Waals surface area contributed by atoms with E-state index in [4.69, 9.17) is 9.47 Å². The molecule has 6 rings (SSSR count). The highest BCUT2D eigenvalue weighted by Gasteiger charge is 2.48. The molecule has 9 heteroatoms. The molecule has 0 spiro atoms. The first-order valence-electron chi connectivity index (χ1n) is 11.8. The lowest BCUT2D eigenvalue weighted by Crippen LogP contribution is -2.30. The van der Waals surface area contributed by atoms with Crippen molar-refractivity contribution in [2.45, 2.75) is 6.04 Å². The van der Waals surface area contributed by atoms with Crippen LogP contribution in [0.4, 0.5) is 5.95 Å². The summed E-state index contributed by atoms with van der Waals surface area (Å²) in [5.74, 6) is -0.811. The van der Waals surface area contributed by atoms with E-state index in [0.29, 0.717) is 33.7 Å². The lowest BCUT2D eigenvalue weighted by atomic mass is 9.94. The highest BCUT2D eigenvalue weighted by Crippen LogP contribution is 2.43. The van der Waals surface area contributed by atoms with Crippen molar-refractivity contribution in [3.05, 3.63) is 95.8 Å². The fourth-order valence-corrected chi connectivity index (χ4v) is 4.92. The number of methoxy groups -OCH3 is 2. The number of ether oxygens (including phenoxy) is 2.